The number of amides is 2. The fraction of sp³-hybridized carbons (Fsp3) is 0.222. The maximum atomic E-state index is 12.3. The monoisotopic (exact) mass is 357 g/mol. The van der Waals surface area contributed by atoms with Gasteiger partial charge in [-0.1, -0.05) is 0 Å². The molecule has 8 nitrogen and oxygen atoms in total. The van der Waals surface area contributed by atoms with Gasteiger partial charge in [-0.15, -0.1) is 0 Å². The van der Waals surface area contributed by atoms with Gasteiger partial charge in [0.25, 0.3) is 11.6 Å². The van der Waals surface area contributed by atoms with Crippen LogP contribution in [0.5, 0.6) is 0 Å². The average molecular weight is 357 g/mol. The molecule has 2 rings (SSSR count). The third kappa shape index (κ3) is 4.35. The van der Waals surface area contributed by atoms with E-state index in [4.69, 9.17) is 4.74 Å². The molecule has 0 unspecified atom stereocenters. The van der Waals surface area contributed by atoms with Gasteiger partial charge < -0.3 is 10.1 Å². The highest BCUT2D eigenvalue weighted by Gasteiger charge is 2.15. The van der Waals surface area contributed by atoms with Crippen molar-refractivity contribution in [3.8, 4) is 0 Å². The topological polar surface area (TPSA) is 102 Å². The molecule has 2 aromatic carbocycles. The molecule has 0 atom stereocenters. The van der Waals surface area contributed by atoms with Crippen LogP contribution in [0.15, 0.2) is 42.5 Å². The Morgan fingerprint density at radius 2 is 1.85 bits per heavy atom. The van der Waals surface area contributed by atoms with Crippen molar-refractivity contribution in [2.24, 2.45) is 0 Å². The van der Waals surface area contributed by atoms with Gasteiger partial charge in [0.2, 0.25) is 0 Å². The first-order valence-corrected chi connectivity index (χ1v) is 7.90. The van der Waals surface area contributed by atoms with Crippen LogP contribution in [0.3, 0.4) is 0 Å². The summed E-state index contributed by atoms with van der Waals surface area (Å²) in [5.41, 5.74) is 1.85. The molecule has 0 aliphatic carbocycles. The smallest absolute Gasteiger partial charge is 0.413 e. The second-order valence-electron chi connectivity index (χ2n) is 5.52. The van der Waals surface area contributed by atoms with Crippen LogP contribution in [-0.2, 0) is 4.74 Å². The zero-order chi connectivity index (χ0) is 19.3. The van der Waals surface area contributed by atoms with Crippen molar-refractivity contribution in [3.63, 3.8) is 0 Å². The Kier molecular flexibility index (Phi) is 5.90. The minimum atomic E-state index is -0.490. The van der Waals surface area contributed by atoms with E-state index in [9.17, 15) is 19.7 Å². The number of hydrogen-bond acceptors (Lipinski definition) is 5. The highest BCUT2D eigenvalue weighted by molar-refractivity contribution is 6.04. The molecule has 136 valence electrons. The molecule has 2 amide bonds. The van der Waals surface area contributed by atoms with E-state index in [0.717, 1.165) is 0 Å². The molecule has 0 radical (unpaired) electrons. The summed E-state index contributed by atoms with van der Waals surface area (Å²) in [5.74, 6) is -0.380. The molecule has 0 saturated carbocycles. The summed E-state index contributed by atoms with van der Waals surface area (Å²) < 4.78 is 4.92. The molecule has 0 heterocycles. The van der Waals surface area contributed by atoms with Gasteiger partial charge in [0.05, 0.1) is 11.5 Å². The predicted molar refractivity (Wildman–Crippen MR) is 97.7 cm³/mol. The van der Waals surface area contributed by atoms with Crippen LogP contribution in [0.4, 0.5) is 21.9 Å². The minimum absolute atomic E-state index is 0.0343. The second-order valence-corrected chi connectivity index (χ2v) is 5.52. The first kappa shape index (κ1) is 18.9. The summed E-state index contributed by atoms with van der Waals surface area (Å²) in [6.07, 6.45) is -0.467. The number of nitrogens with zero attached hydrogens (tertiary/aromatic N) is 2. The molecule has 0 bridgehead atoms. The number of nitro benzene ring substituents is 1. The molecule has 0 saturated heterocycles. The predicted octanol–water partition coefficient (Wildman–Crippen LogP) is 3.75. The first-order valence-electron chi connectivity index (χ1n) is 7.90. The normalized spacial score (nSPS) is 10.1. The fourth-order valence-electron chi connectivity index (χ4n) is 2.30. The van der Waals surface area contributed by atoms with Gasteiger partial charge in [-0.05, 0) is 50.2 Å². The van der Waals surface area contributed by atoms with E-state index in [-0.39, 0.29) is 18.2 Å². The summed E-state index contributed by atoms with van der Waals surface area (Å²) in [7, 11) is 1.59. The number of aryl methyl sites for hydroxylation is 1. The fourth-order valence-corrected chi connectivity index (χ4v) is 2.30. The van der Waals surface area contributed by atoms with Crippen molar-refractivity contribution in [3.05, 3.63) is 63.7 Å². The Morgan fingerprint density at radius 3 is 2.38 bits per heavy atom. The molecular formula is C18H19N3O5. The molecule has 0 aliphatic heterocycles. The van der Waals surface area contributed by atoms with E-state index in [1.807, 2.05) is 0 Å². The minimum Gasteiger partial charge on any atom is -0.449 e. The summed E-state index contributed by atoms with van der Waals surface area (Å²) in [5, 5.41) is 13.5. The Balaban J connectivity index is 2.09. The SMILES string of the molecule is CCOC(=O)N(C)c1ccc(NC(=O)c2ccc([N+](=O)[O-])c(C)c2)cc1. The van der Waals surface area contributed by atoms with E-state index in [0.29, 0.717) is 22.5 Å². The van der Waals surface area contributed by atoms with Gasteiger partial charge in [0.1, 0.15) is 0 Å². The van der Waals surface area contributed by atoms with Crippen LogP contribution in [0, 0.1) is 17.0 Å². The van der Waals surface area contributed by atoms with E-state index >= 15 is 0 Å². The van der Waals surface area contributed by atoms with Crippen molar-refractivity contribution in [1.82, 2.24) is 0 Å². The number of rotatable bonds is 5. The Bertz CT molecular complexity index is 833. The lowest BCUT2D eigenvalue weighted by Gasteiger charge is -2.17. The lowest BCUT2D eigenvalue weighted by molar-refractivity contribution is -0.385. The van der Waals surface area contributed by atoms with Crippen molar-refractivity contribution >= 4 is 29.1 Å². The molecule has 0 fully saturated rings. The Morgan fingerprint density at radius 1 is 1.19 bits per heavy atom. The average Bonchev–Trinajstić information content (AvgIpc) is 2.61. The molecular weight excluding hydrogens is 338 g/mol. The van der Waals surface area contributed by atoms with E-state index in [1.54, 1.807) is 45.2 Å². The summed E-state index contributed by atoms with van der Waals surface area (Å²) in [6.45, 7) is 3.59. The van der Waals surface area contributed by atoms with Gasteiger partial charge in [-0.3, -0.25) is 19.8 Å². The number of benzene rings is 2. The molecule has 0 aliphatic rings. The molecule has 0 spiro atoms. The Labute approximate surface area is 150 Å². The van der Waals surface area contributed by atoms with Crippen LogP contribution in [-0.4, -0.2) is 30.6 Å². The van der Waals surface area contributed by atoms with E-state index < -0.39 is 11.0 Å². The van der Waals surface area contributed by atoms with Crippen LogP contribution in [0.1, 0.15) is 22.8 Å². The summed E-state index contributed by atoms with van der Waals surface area (Å²) >= 11 is 0. The zero-order valence-corrected chi connectivity index (χ0v) is 14.7. The maximum Gasteiger partial charge on any atom is 0.413 e. The lowest BCUT2D eigenvalue weighted by atomic mass is 10.1. The van der Waals surface area contributed by atoms with Crippen LogP contribution in [0.25, 0.3) is 0 Å². The number of hydrogen-bond donors (Lipinski definition) is 1. The molecule has 26 heavy (non-hydrogen) atoms. The quantitative estimate of drug-likeness (QED) is 0.648. The molecule has 8 heteroatoms. The molecule has 1 N–H and O–H groups in total. The van der Waals surface area contributed by atoms with E-state index in [1.165, 1.54) is 23.1 Å². The van der Waals surface area contributed by atoms with Crippen LogP contribution >= 0.6 is 0 Å². The second kappa shape index (κ2) is 8.11. The number of carbonyl (C=O) groups is 2. The third-order valence-electron chi connectivity index (χ3n) is 3.71. The summed E-state index contributed by atoms with van der Waals surface area (Å²) in [4.78, 5) is 35.7. The van der Waals surface area contributed by atoms with Crippen LogP contribution < -0.4 is 10.2 Å². The highest BCUT2D eigenvalue weighted by Crippen LogP contribution is 2.21. The van der Waals surface area contributed by atoms with Crippen molar-refractivity contribution < 1.29 is 19.2 Å². The number of carbonyl (C=O) groups excluding carboxylic acids is 2. The highest BCUT2D eigenvalue weighted by atomic mass is 16.6. The lowest BCUT2D eigenvalue weighted by Crippen LogP contribution is -2.26. The maximum absolute atomic E-state index is 12.3. The first-order chi connectivity index (χ1) is 12.3. The number of ether oxygens (including phenoxy) is 1. The zero-order valence-electron chi connectivity index (χ0n) is 14.7. The van der Waals surface area contributed by atoms with E-state index in [2.05, 4.69) is 5.32 Å². The number of nitrogens with one attached hydrogen (secondary N) is 1. The van der Waals surface area contributed by atoms with Gasteiger partial charge in [-0.2, -0.15) is 0 Å². The third-order valence-corrected chi connectivity index (χ3v) is 3.71. The molecule has 0 aromatic heterocycles. The molecule has 2 aromatic rings. The summed E-state index contributed by atoms with van der Waals surface area (Å²) in [6, 6.07) is 10.8. The largest absolute Gasteiger partial charge is 0.449 e. The number of nitro groups is 1. The van der Waals surface area contributed by atoms with Gasteiger partial charge >= 0.3 is 6.09 Å². The van der Waals surface area contributed by atoms with Crippen molar-refractivity contribution in [2.75, 3.05) is 23.9 Å². The van der Waals surface area contributed by atoms with Crippen LogP contribution in [0.2, 0.25) is 0 Å². The van der Waals surface area contributed by atoms with Gasteiger partial charge in [0.15, 0.2) is 0 Å². The van der Waals surface area contributed by atoms with Gasteiger partial charge in [-0.25, -0.2) is 4.79 Å². The van der Waals surface area contributed by atoms with Crippen molar-refractivity contribution in [1.29, 1.82) is 0 Å². The van der Waals surface area contributed by atoms with Gasteiger partial charge in [0, 0.05) is 35.6 Å². The van der Waals surface area contributed by atoms with Crippen molar-refractivity contribution in [2.45, 2.75) is 13.8 Å². The standard InChI is InChI=1S/C18H19N3O5/c1-4-26-18(23)20(3)15-8-6-14(7-9-15)19-17(22)13-5-10-16(21(24)25)12(2)11-13/h5-11H,4H2,1-3H3,(H,19,22). The Hall–Kier alpha value is -3.42. The number of anilines is 2.